The maximum Gasteiger partial charge on any atom is 0.317 e. The Morgan fingerprint density at radius 3 is 2.92 bits per heavy atom. The molecular weight excluding hydrogens is 304 g/mol. The third-order valence-corrected chi connectivity index (χ3v) is 4.00. The lowest BCUT2D eigenvalue weighted by molar-refractivity contribution is 0.203. The molecule has 6 nitrogen and oxygen atoms in total. The van der Waals surface area contributed by atoms with Gasteiger partial charge in [-0.2, -0.15) is 0 Å². The van der Waals surface area contributed by atoms with E-state index in [9.17, 15) is 4.79 Å². The lowest BCUT2D eigenvalue weighted by Gasteiger charge is -2.16. The Morgan fingerprint density at radius 1 is 1.29 bits per heavy atom. The molecular formula is C18H22N4O2. The molecule has 3 rings (SSSR count). The molecule has 0 radical (unpaired) electrons. The number of carbonyl (C=O) groups excluding carboxylic acids is 1. The summed E-state index contributed by atoms with van der Waals surface area (Å²) in [5.74, 6) is 1.77. The summed E-state index contributed by atoms with van der Waals surface area (Å²) in [6.07, 6.45) is 2.46. The van der Waals surface area contributed by atoms with Crippen molar-refractivity contribution in [1.29, 1.82) is 0 Å². The van der Waals surface area contributed by atoms with Gasteiger partial charge in [-0.05, 0) is 37.6 Å². The molecule has 2 heterocycles. The van der Waals surface area contributed by atoms with Gasteiger partial charge in [-0.3, -0.25) is 0 Å². The van der Waals surface area contributed by atoms with Gasteiger partial charge in [0.25, 0.3) is 0 Å². The number of furan rings is 1. The van der Waals surface area contributed by atoms with Crippen molar-refractivity contribution in [2.45, 2.75) is 26.4 Å². The van der Waals surface area contributed by atoms with Crippen molar-refractivity contribution in [1.82, 2.24) is 19.8 Å². The highest BCUT2D eigenvalue weighted by Crippen LogP contribution is 2.15. The fourth-order valence-electron chi connectivity index (χ4n) is 2.75. The Kier molecular flexibility index (Phi) is 4.84. The smallest absolute Gasteiger partial charge is 0.317 e. The molecule has 0 saturated heterocycles. The molecule has 0 bridgehead atoms. The maximum atomic E-state index is 12.1. The number of carbonyl (C=O) groups is 1. The van der Waals surface area contributed by atoms with Gasteiger partial charge in [0.05, 0.1) is 23.8 Å². The molecule has 0 spiro atoms. The Morgan fingerprint density at radius 2 is 2.12 bits per heavy atom. The molecule has 1 aromatic carbocycles. The van der Waals surface area contributed by atoms with Gasteiger partial charge in [0.2, 0.25) is 0 Å². The third kappa shape index (κ3) is 3.59. The number of imidazole rings is 1. The average Bonchev–Trinajstić information content (AvgIpc) is 3.18. The fourth-order valence-corrected chi connectivity index (χ4v) is 2.75. The molecule has 0 aliphatic carbocycles. The summed E-state index contributed by atoms with van der Waals surface area (Å²) in [5, 5.41) is 2.94. The number of aryl methyl sites for hydroxylation is 2. The van der Waals surface area contributed by atoms with Crippen molar-refractivity contribution in [3.8, 4) is 0 Å². The van der Waals surface area contributed by atoms with Crippen LogP contribution in [0.4, 0.5) is 4.79 Å². The van der Waals surface area contributed by atoms with Crippen LogP contribution in [0, 0.1) is 6.92 Å². The van der Waals surface area contributed by atoms with E-state index in [1.807, 2.05) is 37.3 Å². The first-order chi connectivity index (χ1) is 11.6. The zero-order valence-corrected chi connectivity index (χ0v) is 14.0. The van der Waals surface area contributed by atoms with Crippen LogP contribution in [0.25, 0.3) is 11.0 Å². The Balaban J connectivity index is 1.48. The first-order valence-corrected chi connectivity index (χ1v) is 8.08. The van der Waals surface area contributed by atoms with Gasteiger partial charge in [-0.25, -0.2) is 9.78 Å². The Hall–Kier alpha value is -2.76. The highest BCUT2D eigenvalue weighted by Gasteiger charge is 2.10. The lowest BCUT2D eigenvalue weighted by Crippen LogP contribution is -2.37. The standard InChI is InChI=1S/C18H22N4O2/c1-14-20-16-8-3-4-9-17(16)22(14)11-6-10-19-18(23)21(2)13-15-7-5-12-24-15/h3-5,7-9,12H,6,10-11,13H2,1-2H3,(H,19,23). The summed E-state index contributed by atoms with van der Waals surface area (Å²) in [4.78, 5) is 18.2. The van der Waals surface area contributed by atoms with Gasteiger partial charge < -0.3 is 19.2 Å². The first kappa shape index (κ1) is 16.1. The number of amides is 2. The minimum absolute atomic E-state index is 0.0985. The molecule has 126 valence electrons. The van der Waals surface area contributed by atoms with Crippen molar-refractivity contribution in [3.05, 3.63) is 54.2 Å². The number of rotatable bonds is 6. The SMILES string of the molecule is Cc1nc2ccccc2n1CCCNC(=O)N(C)Cc1ccco1. The summed E-state index contributed by atoms with van der Waals surface area (Å²) in [7, 11) is 1.76. The van der Waals surface area contributed by atoms with Crippen LogP contribution in [-0.4, -0.2) is 34.1 Å². The van der Waals surface area contributed by atoms with E-state index in [1.165, 1.54) is 0 Å². The second-order valence-corrected chi connectivity index (χ2v) is 5.82. The molecule has 2 amide bonds. The Labute approximate surface area is 141 Å². The monoisotopic (exact) mass is 326 g/mol. The topological polar surface area (TPSA) is 63.3 Å². The van der Waals surface area contributed by atoms with Crippen LogP contribution in [0.3, 0.4) is 0 Å². The molecule has 0 saturated carbocycles. The first-order valence-electron chi connectivity index (χ1n) is 8.08. The van der Waals surface area contributed by atoms with Gasteiger partial charge in [0.1, 0.15) is 11.6 Å². The van der Waals surface area contributed by atoms with E-state index in [4.69, 9.17) is 4.42 Å². The molecule has 1 N–H and O–H groups in total. The molecule has 2 aromatic heterocycles. The third-order valence-electron chi connectivity index (χ3n) is 4.00. The number of urea groups is 1. The number of nitrogens with one attached hydrogen (secondary N) is 1. The Bertz CT molecular complexity index is 808. The van der Waals surface area contributed by atoms with E-state index >= 15 is 0 Å². The van der Waals surface area contributed by atoms with E-state index < -0.39 is 0 Å². The van der Waals surface area contributed by atoms with Gasteiger partial charge in [-0.1, -0.05) is 12.1 Å². The highest BCUT2D eigenvalue weighted by molar-refractivity contribution is 5.76. The van der Waals surface area contributed by atoms with Gasteiger partial charge in [-0.15, -0.1) is 0 Å². The fraction of sp³-hybridized carbons (Fsp3) is 0.333. The second kappa shape index (κ2) is 7.21. The second-order valence-electron chi connectivity index (χ2n) is 5.82. The number of para-hydroxylation sites is 2. The average molecular weight is 326 g/mol. The number of aromatic nitrogens is 2. The van der Waals surface area contributed by atoms with Crippen molar-refractivity contribution < 1.29 is 9.21 Å². The van der Waals surface area contributed by atoms with Crippen LogP contribution in [0.2, 0.25) is 0 Å². The van der Waals surface area contributed by atoms with Gasteiger partial charge in [0, 0.05) is 20.1 Å². The molecule has 0 fully saturated rings. The summed E-state index contributed by atoms with van der Waals surface area (Å²) in [6, 6.07) is 11.7. The molecule has 6 heteroatoms. The summed E-state index contributed by atoms with van der Waals surface area (Å²) in [5.41, 5.74) is 2.15. The number of nitrogens with zero attached hydrogens (tertiary/aromatic N) is 3. The number of fused-ring (bicyclic) bond motifs is 1. The molecule has 0 atom stereocenters. The predicted octanol–water partition coefficient (Wildman–Crippen LogP) is 3.17. The van der Waals surface area contributed by atoms with Crippen LogP contribution in [0.15, 0.2) is 47.1 Å². The van der Waals surface area contributed by atoms with Crippen molar-refractivity contribution >= 4 is 17.1 Å². The molecule has 0 aliphatic rings. The van der Waals surface area contributed by atoms with Crippen molar-refractivity contribution in [3.63, 3.8) is 0 Å². The molecule has 0 aliphatic heterocycles. The minimum atomic E-state index is -0.0985. The van der Waals surface area contributed by atoms with Gasteiger partial charge in [0.15, 0.2) is 0 Å². The van der Waals surface area contributed by atoms with Crippen LogP contribution in [-0.2, 0) is 13.1 Å². The number of benzene rings is 1. The summed E-state index contributed by atoms with van der Waals surface area (Å²) in [6.45, 7) is 3.92. The van der Waals surface area contributed by atoms with Crippen molar-refractivity contribution in [2.75, 3.05) is 13.6 Å². The van der Waals surface area contributed by atoms with Crippen LogP contribution in [0.1, 0.15) is 18.0 Å². The zero-order chi connectivity index (χ0) is 16.9. The van der Waals surface area contributed by atoms with Crippen LogP contribution < -0.4 is 5.32 Å². The number of hydrogen-bond donors (Lipinski definition) is 1. The summed E-state index contributed by atoms with van der Waals surface area (Å²) < 4.78 is 7.44. The quantitative estimate of drug-likeness (QED) is 0.708. The normalized spacial score (nSPS) is 10.9. The minimum Gasteiger partial charge on any atom is -0.467 e. The van der Waals surface area contributed by atoms with E-state index in [2.05, 4.69) is 20.9 Å². The molecule has 3 aromatic rings. The largest absolute Gasteiger partial charge is 0.467 e. The number of hydrogen-bond acceptors (Lipinski definition) is 3. The molecule has 24 heavy (non-hydrogen) atoms. The van der Waals surface area contributed by atoms with E-state index in [-0.39, 0.29) is 6.03 Å². The lowest BCUT2D eigenvalue weighted by atomic mass is 10.3. The van der Waals surface area contributed by atoms with E-state index in [0.717, 1.165) is 35.6 Å². The maximum absolute atomic E-state index is 12.1. The van der Waals surface area contributed by atoms with E-state index in [0.29, 0.717) is 13.1 Å². The molecule has 0 unspecified atom stereocenters. The van der Waals surface area contributed by atoms with E-state index in [1.54, 1.807) is 18.2 Å². The summed E-state index contributed by atoms with van der Waals surface area (Å²) >= 11 is 0. The van der Waals surface area contributed by atoms with Crippen molar-refractivity contribution in [2.24, 2.45) is 0 Å². The highest BCUT2D eigenvalue weighted by atomic mass is 16.3. The van der Waals surface area contributed by atoms with Crippen LogP contribution >= 0.6 is 0 Å². The predicted molar refractivity (Wildman–Crippen MR) is 92.7 cm³/mol. The van der Waals surface area contributed by atoms with Crippen LogP contribution in [0.5, 0.6) is 0 Å². The van der Waals surface area contributed by atoms with Gasteiger partial charge >= 0.3 is 6.03 Å². The zero-order valence-electron chi connectivity index (χ0n) is 14.0.